The minimum Gasteiger partial charge on any atom is -0.387 e. The fraction of sp³-hybridized carbons (Fsp3) is 0.562. The van der Waals surface area contributed by atoms with Crippen LogP contribution < -0.4 is 0 Å². The molecule has 0 aromatic heterocycles. The fourth-order valence-corrected chi connectivity index (χ4v) is 2.69. The Morgan fingerprint density at radius 3 is 2.63 bits per heavy atom. The molecule has 0 radical (unpaired) electrons. The van der Waals surface area contributed by atoms with Gasteiger partial charge in [0.25, 0.3) is 0 Å². The van der Waals surface area contributed by atoms with Gasteiger partial charge in [0.1, 0.15) is 0 Å². The summed E-state index contributed by atoms with van der Waals surface area (Å²) in [4.78, 5) is 13.8. The van der Waals surface area contributed by atoms with Crippen LogP contribution in [0.3, 0.4) is 0 Å². The van der Waals surface area contributed by atoms with Gasteiger partial charge >= 0.3 is 0 Å². The normalized spacial score (nSPS) is 21.2. The van der Waals surface area contributed by atoms with Crippen LogP contribution in [-0.2, 0) is 4.79 Å². The maximum absolute atomic E-state index is 12.0. The van der Waals surface area contributed by atoms with Crippen molar-refractivity contribution < 1.29 is 9.90 Å². The summed E-state index contributed by atoms with van der Waals surface area (Å²) in [5.74, 6) is 1.12. The van der Waals surface area contributed by atoms with Gasteiger partial charge in [-0.2, -0.15) is 0 Å². The van der Waals surface area contributed by atoms with E-state index in [0.29, 0.717) is 24.8 Å². The van der Waals surface area contributed by atoms with Crippen molar-refractivity contribution in [1.29, 1.82) is 0 Å². The lowest BCUT2D eigenvalue weighted by Crippen LogP contribution is -2.30. The van der Waals surface area contributed by atoms with E-state index in [-0.39, 0.29) is 5.91 Å². The number of nitrogens with zero attached hydrogens (tertiary/aromatic N) is 1. The monoisotopic (exact) mass is 261 g/mol. The highest BCUT2D eigenvalue weighted by Crippen LogP contribution is 2.27. The predicted octanol–water partition coefficient (Wildman–Crippen LogP) is 2.53. The Hall–Kier alpha value is -1.35. The standard InChI is InChI=1S/C16H23NO2/c1-11(2)13-8-16(19)17(9-13)10-15(18)14-7-5-4-6-12(14)3/h4-7,11,13,15,18H,8-10H2,1-3H3. The zero-order valence-electron chi connectivity index (χ0n) is 12.0. The van der Waals surface area contributed by atoms with Gasteiger partial charge < -0.3 is 10.0 Å². The van der Waals surface area contributed by atoms with E-state index < -0.39 is 6.10 Å². The van der Waals surface area contributed by atoms with E-state index in [1.807, 2.05) is 36.1 Å². The zero-order valence-corrected chi connectivity index (χ0v) is 12.0. The number of β-amino-alcohol motifs (C(OH)–C–C–N with tert-alkyl or cyclic N) is 1. The van der Waals surface area contributed by atoms with Crippen LogP contribution in [-0.4, -0.2) is 29.0 Å². The number of aryl methyl sites for hydroxylation is 1. The lowest BCUT2D eigenvalue weighted by atomic mass is 9.95. The molecule has 2 rings (SSSR count). The SMILES string of the molecule is Cc1ccccc1C(O)CN1CC(C(C)C)CC1=O. The summed E-state index contributed by atoms with van der Waals surface area (Å²) in [6.45, 7) is 7.48. The number of hydrogen-bond acceptors (Lipinski definition) is 2. The van der Waals surface area contributed by atoms with Crippen molar-refractivity contribution in [3.8, 4) is 0 Å². The van der Waals surface area contributed by atoms with Crippen LogP contribution in [0.4, 0.5) is 0 Å². The van der Waals surface area contributed by atoms with E-state index in [9.17, 15) is 9.90 Å². The first-order valence-corrected chi connectivity index (χ1v) is 7.00. The molecule has 3 heteroatoms. The number of carbonyl (C=O) groups excluding carboxylic acids is 1. The average Bonchev–Trinajstić information content (AvgIpc) is 2.71. The molecule has 1 N–H and O–H groups in total. The number of likely N-dealkylation sites (tertiary alicyclic amines) is 1. The smallest absolute Gasteiger partial charge is 0.223 e. The van der Waals surface area contributed by atoms with Crippen LogP contribution in [0.15, 0.2) is 24.3 Å². The van der Waals surface area contributed by atoms with Gasteiger partial charge in [0.2, 0.25) is 5.91 Å². The van der Waals surface area contributed by atoms with E-state index in [4.69, 9.17) is 0 Å². The molecule has 3 nitrogen and oxygen atoms in total. The molecule has 1 aliphatic rings. The number of hydrogen-bond donors (Lipinski definition) is 1. The van der Waals surface area contributed by atoms with Crippen LogP contribution in [0.5, 0.6) is 0 Å². The number of amides is 1. The quantitative estimate of drug-likeness (QED) is 0.904. The molecule has 104 valence electrons. The zero-order chi connectivity index (χ0) is 14.0. The molecule has 0 saturated carbocycles. The van der Waals surface area contributed by atoms with Gasteiger partial charge in [-0.1, -0.05) is 38.1 Å². The maximum Gasteiger partial charge on any atom is 0.223 e. The summed E-state index contributed by atoms with van der Waals surface area (Å²) >= 11 is 0. The summed E-state index contributed by atoms with van der Waals surface area (Å²) in [6.07, 6.45) is 0.0362. The number of benzene rings is 1. The first-order chi connectivity index (χ1) is 8.99. The Morgan fingerprint density at radius 2 is 2.05 bits per heavy atom. The van der Waals surface area contributed by atoms with Gasteiger partial charge in [0.05, 0.1) is 12.6 Å². The van der Waals surface area contributed by atoms with Crippen LogP contribution in [0.25, 0.3) is 0 Å². The van der Waals surface area contributed by atoms with Gasteiger partial charge in [-0.05, 0) is 29.9 Å². The fourth-order valence-electron chi connectivity index (χ4n) is 2.69. The molecule has 2 atom stereocenters. The lowest BCUT2D eigenvalue weighted by Gasteiger charge is -2.22. The Bertz CT molecular complexity index is 456. The molecular weight excluding hydrogens is 238 g/mol. The van der Waals surface area contributed by atoms with Crippen molar-refractivity contribution in [3.63, 3.8) is 0 Å². The second-order valence-corrected chi connectivity index (χ2v) is 5.88. The lowest BCUT2D eigenvalue weighted by molar-refractivity contribution is -0.129. The van der Waals surface area contributed by atoms with Crippen molar-refractivity contribution in [1.82, 2.24) is 4.90 Å². The van der Waals surface area contributed by atoms with Crippen molar-refractivity contribution in [2.24, 2.45) is 11.8 Å². The number of aliphatic hydroxyl groups excluding tert-OH is 1. The second kappa shape index (κ2) is 5.74. The molecule has 1 amide bonds. The van der Waals surface area contributed by atoms with E-state index in [0.717, 1.165) is 17.7 Å². The summed E-state index contributed by atoms with van der Waals surface area (Å²) in [5, 5.41) is 10.3. The van der Waals surface area contributed by atoms with Crippen molar-refractivity contribution in [2.75, 3.05) is 13.1 Å². The second-order valence-electron chi connectivity index (χ2n) is 5.88. The molecule has 1 aliphatic heterocycles. The highest BCUT2D eigenvalue weighted by molar-refractivity contribution is 5.78. The third-order valence-corrected chi connectivity index (χ3v) is 4.13. The van der Waals surface area contributed by atoms with Crippen molar-refractivity contribution >= 4 is 5.91 Å². The van der Waals surface area contributed by atoms with Crippen LogP contribution >= 0.6 is 0 Å². The largest absolute Gasteiger partial charge is 0.387 e. The molecular formula is C16H23NO2. The summed E-state index contributed by atoms with van der Waals surface area (Å²) < 4.78 is 0. The molecule has 1 aromatic carbocycles. The van der Waals surface area contributed by atoms with Crippen LogP contribution in [0.2, 0.25) is 0 Å². The Kier molecular flexibility index (Phi) is 4.25. The topological polar surface area (TPSA) is 40.5 Å². The number of carbonyl (C=O) groups is 1. The third kappa shape index (κ3) is 3.16. The van der Waals surface area contributed by atoms with Crippen LogP contribution in [0, 0.1) is 18.8 Å². The van der Waals surface area contributed by atoms with Gasteiger partial charge in [-0.3, -0.25) is 4.79 Å². The van der Waals surface area contributed by atoms with Gasteiger partial charge in [-0.25, -0.2) is 0 Å². The molecule has 0 bridgehead atoms. The van der Waals surface area contributed by atoms with E-state index in [2.05, 4.69) is 13.8 Å². The summed E-state index contributed by atoms with van der Waals surface area (Å²) in [6, 6.07) is 7.80. The van der Waals surface area contributed by atoms with E-state index >= 15 is 0 Å². The minimum atomic E-state index is -0.587. The van der Waals surface area contributed by atoms with Crippen molar-refractivity contribution in [2.45, 2.75) is 33.3 Å². The molecule has 1 fully saturated rings. The predicted molar refractivity (Wildman–Crippen MR) is 75.7 cm³/mol. The molecule has 1 saturated heterocycles. The molecule has 0 spiro atoms. The molecule has 1 aromatic rings. The molecule has 2 unspecified atom stereocenters. The molecule has 0 aliphatic carbocycles. The molecule has 1 heterocycles. The minimum absolute atomic E-state index is 0.173. The van der Waals surface area contributed by atoms with Crippen LogP contribution in [0.1, 0.15) is 37.5 Å². The average molecular weight is 261 g/mol. The Balaban J connectivity index is 2.02. The Labute approximate surface area is 115 Å². The molecule has 19 heavy (non-hydrogen) atoms. The highest BCUT2D eigenvalue weighted by Gasteiger charge is 2.32. The Morgan fingerprint density at radius 1 is 1.37 bits per heavy atom. The summed E-state index contributed by atoms with van der Waals surface area (Å²) in [5.41, 5.74) is 1.99. The first kappa shape index (κ1) is 14.1. The van der Waals surface area contributed by atoms with Gasteiger partial charge in [-0.15, -0.1) is 0 Å². The summed E-state index contributed by atoms with van der Waals surface area (Å²) in [7, 11) is 0. The third-order valence-electron chi connectivity index (χ3n) is 4.13. The highest BCUT2D eigenvalue weighted by atomic mass is 16.3. The van der Waals surface area contributed by atoms with Gasteiger partial charge in [0, 0.05) is 13.0 Å². The first-order valence-electron chi connectivity index (χ1n) is 7.00. The van der Waals surface area contributed by atoms with E-state index in [1.54, 1.807) is 0 Å². The number of rotatable bonds is 4. The number of aliphatic hydroxyl groups is 1. The van der Waals surface area contributed by atoms with Crippen molar-refractivity contribution in [3.05, 3.63) is 35.4 Å². The van der Waals surface area contributed by atoms with E-state index in [1.165, 1.54) is 0 Å². The maximum atomic E-state index is 12.0. The van der Waals surface area contributed by atoms with Gasteiger partial charge in [0.15, 0.2) is 0 Å².